The van der Waals surface area contributed by atoms with Crippen molar-refractivity contribution in [3.05, 3.63) is 39.1 Å². The van der Waals surface area contributed by atoms with Crippen LogP contribution in [-0.2, 0) is 6.18 Å². The van der Waals surface area contributed by atoms with E-state index in [1.54, 1.807) is 0 Å². The summed E-state index contributed by atoms with van der Waals surface area (Å²) in [6.07, 6.45) is -10.2. The number of thiazole rings is 1. The van der Waals surface area contributed by atoms with Crippen molar-refractivity contribution in [1.82, 2.24) is 9.38 Å². The first-order valence-corrected chi connectivity index (χ1v) is 7.66. The van der Waals surface area contributed by atoms with Gasteiger partial charge in [0.15, 0.2) is 15.8 Å². The zero-order valence-corrected chi connectivity index (χ0v) is 13.9. The SMILES string of the molecule is N/C=C(\C=NCC(F)(F)C(F)(F)F)c1c(C(F)(F)F)nc2sc(F)cn2c1=O. The molecule has 0 aliphatic carbocycles. The maximum absolute atomic E-state index is 13.3. The Bertz CT molecular complexity index is 1000. The van der Waals surface area contributed by atoms with E-state index in [4.69, 9.17) is 5.73 Å². The van der Waals surface area contributed by atoms with Gasteiger partial charge in [-0.15, -0.1) is 0 Å². The lowest BCUT2D eigenvalue weighted by Gasteiger charge is -2.17. The van der Waals surface area contributed by atoms with Gasteiger partial charge in [0.25, 0.3) is 5.56 Å². The standard InChI is InChI=1S/C13H7F9N4OS/c14-6-3-26-9(27)7(8(12(17,18)19)25-10(26)28-6)5(1-23)2-24-4-11(15,16)13(20,21)22/h1-3H,4,23H2/b5-1+,24-2?. The van der Waals surface area contributed by atoms with Gasteiger partial charge >= 0.3 is 18.3 Å². The van der Waals surface area contributed by atoms with E-state index in [0.717, 1.165) is 0 Å². The fraction of sp³-hybridized carbons (Fsp3) is 0.308. The van der Waals surface area contributed by atoms with Gasteiger partial charge in [-0.1, -0.05) is 11.3 Å². The van der Waals surface area contributed by atoms with E-state index in [0.29, 0.717) is 16.8 Å². The van der Waals surface area contributed by atoms with E-state index in [-0.39, 0.29) is 17.6 Å². The van der Waals surface area contributed by atoms with Crippen LogP contribution < -0.4 is 11.3 Å². The van der Waals surface area contributed by atoms with Gasteiger partial charge in [0.1, 0.15) is 6.54 Å². The Morgan fingerprint density at radius 1 is 1.21 bits per heavy atom. The quantitative estimate of drug-likeness (QED) is 0.587. The molecule has 2 rings (SSSR count). The molecule has 0 amide bonds. The predicted octanol–water partition coefficient (Wildman–Crippen LogP) is 3.48. The minimum Gasteiger partial charge on any atom is -0.404 e. The lowest BCUT2D eigenvalue weighted by atomic mass is 10.1. The number of hydrogen-bond acceptors (Lipinski definition) is 5. The number of fused-ring (bicyclic) bond motifs is 1. The Balaban J connectivity index is 2.59. The van der Waals surface area contributed by atoms with Crippen molar-refractivity contribution in [3.63, 3.8) is 0 Å². The number of aromatic nitrogens is 2. The molecule has 0 aliphatic rings. The smallest absolute Gasteiger partial charge is 0.404 e. The summed E-state index contributed by atoms with van der Waals surface area (Å²) < 4.78 is 115. The van der Waals surface area contributed by atoms with E-state index >= 15 is 0 Å². The molecule has 2 heterocycles. The van der Waals surface area contributed by atoms with Crippen molar-refractivity contribution in [2.75, 3.05) is 6.54 Å². The first kappa shape index (κ1) is 21.7. The third-order valence-corrected chi connectivity index (χ3v) is 3.95. The highest BCUT2D eigenvalue weighted by atomic mass is 32.1. The molecule has 0 saturated carbocycles. The molecule has 5 nitrogen and oxygen atoms in total. The van der Waals surface area contributed by atoms with Gasteiger partial charge in [0.2, 0.25) is 0 Å². The van der Waals surface area contributed by atoms with Crippen LogP contribution >= 0.6 is 11.3 Å². The van der Waals surface area contributed by atoms with E-state index in [1.807, 2.05) is 0 Å². The van der Waals surface area contributed by atoms with Crippen LogP contribution in [0, 0.1) is 5.13 Å². The summed E-state index contributed by atoms with van der Waals surface area (Å²) in [6.45, 7) is -2.15. The van der Waals surface area contributed by atoms with E-state index in [2.05, 4.69) is 9.98 Å². The van der Waals surface area contributed by atoms with Gasteiger partial charge in [-0.25, -0.2) is 4.98 Å². The van der Waals surface area contributed by atoms with E-state index < -0.39 is 57.3 Å². The third kappa shape index (κ3) is 4.13. The van der Waals surface area contributed by atoms with Crippen molar-refractivity contribution < 1.29 is 39.5 Å². The van der Waals surface area contributed by atoms with Gasteiger partial charge in [0.05, 0.1) is 11.8 Å². The summed E-state index contributed by atoms with van der Waals surface area (Å²) in [7, 11) is 0. The molecule has 0 atom stereocenters. The van der Waals surface area contributed by atoms with Crippen molar-refractivity contribution in [2.24, 2.45) is 10.7 Å². The molecule has 2 N–H and O–H groups in total. The molecule has 0 spiro atoms. The lowest BCUT2D eigenvalue weighted by molar-refractivity contribution is -0.276. The molecule has 0 bridgehead atoms. The molecule has 2 aromatic heterocycles. The number of hydrogen-bond donors (Lipinski definition) is 1. The molecule has 15 heteroatoms. The van der Waals surface area contributed by atoms with Crippen molar-refractivity contribution in [2.45, 2.75) is 18.3 Å². The van der Waals surface area contributed by atoms with Crippen LogP contribution in [0.2, 0.25) is 0 Å². The maximum Gasteiger partial charge on any atom is 0.455 e. The second-order valence-electron chi connectivity index (χ2n) is 5.12. The third-order valence-electron chi connectivity index (χ3n) is 3.17. The monoisotopic (exact) mass is 438 g/mol. The zero-order chi connectivity index (χ0) is 21.5. The highest BCUT2D eigenvalue weighted by Gasteiger charge is 2.57. The van der Waals surface area contributed by atoms with Gasteiger partial charge in [-0.3, -0.25) is 14.2 Å². The Kier molecular flexibility index (Phi) is 5.51. The number of alkyl halides is 8. The highest BCUT2D eigenvalue weighted by molar-refractivity contribution is 7.15. The van der Waals surface area contributed by atoms with Crippen LogP contribution in [0.3, 0.4) is 0 Å². The highest BCUT2D eigenvalue weighted by Crippen LogP contribution is 2.36. The summed E-state index contributed by atoms with van der Waals surface area (Å²) in [5.74, 6) is -5.26. The maximum atomic E-state index is 13.3. The molecule has 0 radical (unpaired) electrons. The Morgan fingerprint density at radius 3 is 2.32 bits per heavy atom. The molecule has 28 heavy (non-hydrogen) atoms. The number of aliphatic imine (C=N–C) groups is 1. The Hall–Kier alpha value is -2.58. The Morgan fingerprint density at radius 2 is 1.82 bits per heavy atom. The molecule has 2 aromatic rings. The van der Waals surface area contributed by atoms with Gasteiger partial charge in [-0.2, -0.15) is 39.5 Å². The summed E-state index contributed by atoms with van der Waals surface area (Å²) in [4.78, 5) is 17.5. The largest absolute Gasteiger partial charge is 0.455 e. The average Bonchev–Trinajstić information content (AvgIpc) is 2.91. The molecular formula is C13H7F9N4OS. The van der Waals surface area contributed by atoms with Gasteiger partial charge in [-0.05, 0) is 0 Å². The van der Waals surface area contributed by atoms with Crippen molar-refractivity contribution in [3.8, 4) is 0 Å². The van der Waals surface area contributed by atoms with Crippen LogP contribution in [0.4, 0.5) is 39.5 Å². The van der Waals surface area contributed by atoms with Crippen molar-refractivity contribution in [1.29, 1.82) is 0 Å². The van der Waals surface area contributed by atoms with Gasteiger partial charge in [0, 0.05) is 18.0 Å². The first-order chi connectivity index (χ1) is 12.7. The average molecular weight is 438 g/mol. The van der Waals surface area contributed by atoms with Crippen LogP contribution in [0.1, 0.15) is 11.3 Å². The molecule has 0 aromatic carbocycles. The van der Waals surface area contributed by atoms with Crippen LogP contribution in [0.15, 0.2) is 22.2 Å². The van der Waals surface area contributed by atoms with Crippen molar-refractivity contribution >= 4 is 28.1 Å². The number of nitrogens with zero attached hydrogens (tertiary/aromatic N) is 3. The van der Waals surface area contributed by atoms with E-state index in [9.17, 15) is 44.3 Å². The molecule has 0 fully saturated rings. The molecule has 0 unspecified atom stereocenters. The second-order valence-corrected chi connectivity index (χ2v) is 6.08. The zero-order valence-electron chi connectivity index (χ0n) is 13.1. The van der Waals surface area contributed by atoms with Crippen LogP contribution in [0.25, 0.3) is 10.5 Å². The minimum atomic E-state index is -5.94. The van der Waals surface area contributed by atoms with Crippen LogP contribution in [0.5, 0.6) is 0 Å². The van der Waals surface area contributed by atoms with Gasteiger partial charge < -0.3 is 5.73 Å². The van der Waals surface area contributed by atoms with Crippen LogP contribution in [-0.4, -0.2) is 34.2 Å². The lowest BCUT2D eigenvalue weighted by Crippen LogP contribution is -2.39. The summed E-state index contributed by atoms with van der Waals surface area (Å²) in [5.41, 5.74) is -0.420. The summed E-state index contributed by atoms with van der Waals surface area (Å²) in [6, 6.07) is 0. The topological polar surface area (TPSA) is 72.8 Å². The Labute approximate surface area is 152 Å². The minimum absolute atomic E-state index is 0.125. The van der Waals surface area contributed by atoms with E-state index in [1.165, 1.54) is 0 Å². The summed E-state index contributed by atoms with van der Waals surface area (Å²) >= 11 is 0.125. The molecule has 154 valence electrons. The molecule has 0 saturated heterocycles. The number of halogens is 9. The predicted molar refractivity (Wildman–Crippen MR) is 80.8 cm³/mol. The number of rotatable bonds is 4. The molecular weight excluding hydrogens is 431 g/mol. The summed E-state index contributed by atoms with van der Waals surface area (Å²) in [5, 5.41) is -1.05. The fourth-order valence-electron chi connectivity index (χ4n) is 1.92. The first-order valence-electron chi connectivity index (χ1n) is 6.84. The number of nitrogens with two attached hydrogens (primary N) is 1. The second kappa shape index (κ2) is 7.10. The molecule has 0 aliphatic heterocycles. The fourth-order valence-corrected chi connectivity index (χ4v) is 2.62. The normalized spacial score (nSPS) is 14.4. The number of allylic oxidation sites excluding steroid dienone is 1.